The molecule has 0 bridgehead atoms. The number of nitrogens with one attached hydrogen (secondary N) is 1. The maximum atomic E-state index is 12.4. The van der Waals surface area contributed by atoms with Crippen molar-refractivity contribution in [2.75, 3.05) is 57.8 Å². The monoisotopic (exact) mass is 398 g/mol. The third kappa shape index (κ3) is 4.47. The fourth-order valence-electron chi connectivity index (χ4n) is 4.33. The second kappa shape index (κ2) is 8.57. The molecule has 1 amide bonds. The molecule has 2 saturated heterocycles. The molecule has 4 rings (SSSR count). The first kappa shape index (κ1) is 19.9. The van der Waals surface area contributed by atoms with Gasteiger partial charge in [0.25, 0.3) is 0 Å². The van der Waals surface area contributed by atoms with E-state index in [4.69, 9.17) is 0 Å². The van der Waals surface area contributed by atoms with Gasteiger partial charge in [-0.1, -0.05) is 12.1 Å². The van der Waals surface area contributed by atoms with Gasteiger partial charge >= 0.3 is 0 Å². The van der Waals surface area contributed by atoms with Crippen LogP contribution in [0.1, 0.15) is 12.0 Å². The highest BCUT2D eigenvalue weighted by atomic mass is 16.3. The Balaban J connectivity index is 1.36. The zero-order valence-electron chi connectivity index (χ0n) is 17.0. The highest BCUT2D eigenvalue weighted by molar-refractivity contribution is 5.90. The molecule has 0 aromatic heterocycles. The van der Waals surface area contributed by atoms with E-state index < -0.39 is 0 Å². The number of piperazine rings is 1. The highest BCUT2D eigenvalue weighted by Gasteiger charge is 2.25. The molecule has 7 nitrogen and oxygen atoms in total. The molecule has 0 spiro atoms. The summed E-state index contributed by atoms with van der Waals surface area (Å²) in [5, 5.41) is 24.5. The Morgan fingerprint density at radius 1 is 1.14 bits per heavy atom. The fraction of sp³-hybridized carbons (Fsp3) is 0.500. The summed E-state index contributed by atoms with van der Waals surface area (Å²) in [4.78, 5) is 19.2. The maximum absolute atomic E-state index is 12.4. The molecular weight excluding hydrogens is 368 g/mol. The molecule has 2 fully saturated rings. The lowest BCUT2D eigenvalue weighted by atomic mass is 10.0. The van der Waals surface area contributed by atoms with Crippen molar-refractivity contribution in [1.29, 1.82) is 0 Å². The number of carbonyl (C=O) groups is 1. The van der Waals surface area contributed by atoms with Crippen molar-refractivity contribution in [3.63, 3.8) is 0 Å². The van der Waals surface area contributed by atoms with Gasteiger partial charge in [0, 0.05) is 56.6 Å². The number of aliphatic hydroxyl groups excluding tert-OH is 1. The summed E-state index contributed by atoms with van der Waals surface area (Å²) < 4.78 is 0. The van der Waals surface area contributed by atoms with Crippen LogP contribution in [0.15, 0.2) is 30.3 Å². The van der Waals surface area contributed by atoms with Gasteiger partial charge in [0.15, 0.2) is 0 Å². The minimum atomic E-state index is -0.187. The summed E-state index contributed by atoms with van der Waals surface area (Å²) in [5.41, 5.74) is 1.66. The average Bonchev–Trinajstić information content (AvgIpc) is 3.17. The summed E-state index contributed by atoms with van der Waals surface area (Å²) in [7, 11) is 2.12. The van der Waals surface area contributed by atoms with Crippen molar-refractivity contribution < 1.29 is 15.0 Å². The number of amides is 1. The molecule has 3 N–H and O–H groups in total. The summed E-state index contributed by atoms with van der Waals surface area (Å²) in [6.45, 7) is 5.92. The van der Waals surface area contributed by atoms with Crippen LogP contribution >= 0.6 is 0 Å². The minimum Gasteiger partial charge on any atom is -0.508 e. The number of anilines is 1. The van der Waals surface area contributed by atoms with Crippen LogP contribution in [0.2, 0.25) is 0 Å². The van der Waals surface area contributed by atoms with Gasteiger partial charge in [-0.05, 0) is 42.4 Å². The Bertz CT molecular complexity index is 880. The topological polar surface area (TPSA) is 79.3 Å². The standard InChI is InChI=1S/C22H30N4O3/c1-24-8-10-25(11-9-24)14-22(29)23-17-6-7-26(13-17)18-3-4-19-16(12-18)2-5-21(28)20(19)15-27/h2-5,12,17,27-28H,6-11,13-15H2,1H3,(H,23,29). The van der Waals surface area contributed by atoms with Gasteiger partial charge in [-0.25, -0.2) is 0 Å². The van der Waals surface area contributed by atoms with E-state index in [2.05, 4.69) is 33.1 Å². The summed E-state index contributed by atoms with van der Waals surface area (Å²) >= 11 is 0. The summed E-state index contributed by atoms with van der Waals surface area (Å²) in [6, 6.07) is 9.73. The third-order valence-corrected chi connectivity index (χ3v) is 6.13. The second-order valence-corrected chi connectivity index (χ2v) is 8.21. The molecule has 2 aromatic carbocycles. The Morgan fingerprint density at radius 3 is 2.69 bits per heavy atom. The number of aromatic hydroxyl groups is 1. The molecule has 2 aliphatic rings. The number of hydrogen-bond acceptors (Lipinski definition) is 6. The molecule has 0 radical (unpaired) electrons. The number of benzene rings is 2. The van der Waals surface area contributed by atoms with Gasteiger partial charge in [0.1, 0.15) is 5.75 Å². The minimum absolute atomic E-state index is 0.114. The van der Waals surface area contributed by atoms with Crippen molar-refractivity contribution in [2.24, 2.45) is 0 Å². The molecule has 7 heteroatoms. The number of fused-ring (bicyclic) bond motifs is 1. The Kier molecular flexibility index (Phi) is 5.89. The van der Waals surface area contributed by atoms with Gasteiger partial charge in [0.05, 0.1) is 13.2 Å². The van der Waals surface area contributed by atoms with Crippen molar-refractivity contribution in [3.8, 4) is 5.75 Å². The number of phenols is 1. The SMILES string of the molecule is CN1CCN(CC(=O)NC2CCN(c3ccc4c(CO)c(O)ccc4c3)C2)CC1. The van der Waals surface area contributed by atoms with E-state index in [1.807, 2.05) is 18.2 Å². The van der Waals surface area contributed by atoms with E-state index in [-0.39, 0.29) is 24.3 Å². The molecule has 1 unspecified atom stereocenters. The van der Waals surface area contributed by atoms with Crippen molar-refractivity contribution in [3.05, 3.63) is 35.9 Å². The van der Waals surface area contributed by atoms with E-state index in [0.717, 1.165) is 62.1 Å². The second-order valence-electron chi connectivity index (χ2n) is 8.21. The molecule has 0 aliphatic carbocycles. The van der Waals surface area contributed by atoms with Crippen LogP contribution in [0, 0.1) is 0 Å². The number of likely N-dealkylation sites (N-methyl/N-ethyl adjacent to an activating group) is 1. The van der Waals surface area contributed by atoms with Gasteiger partial charge in [-0.3, -0.25) is 9.69 Å². The van der Waals surface area contributed by atoms with Crippen LogP contribution in [0.4, 0.5) is 5.69 Å². The first-order chi connectivity index (χ1) is 14.0. The Morgan fingerprint density at radius 2 is 1.93 bits per heavy atom. The van der Waals surface area contributed by atoms with Crippen LogP contribution in [0.3, 0.4) is 0 Å². The van der Waals surface area contributed by atoms with Crippen LogP contribution < -0.4 is 10.2 Å². The molecule has 0 saturated carbocycles. The number of carbonyl (C=O) groups excluding carboxylic acids is 1. The van der Waals surface area contributed by atoms with E-state index >= 15 is 0 Å². The van der Waals surface area contributed by atoms with Crippen LogP contribution in [0.25, 0.3) is 10.8 Å². The lowest BCUT2D eigenvalue weighted by Crippen LogP contribution is -2.49. The molecule has 2 aromatic rings. The first-order valence-electron chi connectivity index (χ1n) is 10.3. The van der Waals surface area contributed by atoms with Gasteiger partial charge in [0.2, 0.25) is 5.91 Å². The third-order valence-electron chi connectivity index (χ3n) is 6.13. The number of aliphatic hydroxyl groups is 1. The molecule has 2 heterocycles. The van der Waals surface area contributed by atoms with Crippen molar-refractivity contribution >= 4 is 22.4 Å². The van der Waals surface area contributed by atoms with Gasteiger partial charge < -0.3 is 25.3 Å². The Labute approximate surface area is 171 Å². The zero-order chi connectivity index (χ0) is 20.4. The first-order valence-corrected chi connectivity index (χ1v) is 10.3. The van der Waals surface area contributed by atoms with Crippen LogP contribution in [-0.4, -0.2) is 84.8 Å². The highest BCUT2D eigenvalue weighted by Crippen LogP contribution is 2.31. The molecule has 2 aliphatic heterocycles. The molecular formula is C22H30N4O3. The van der Waals surface area contributed by atoms with Crippen LogP contribution in [-0.2, 0) is 11.4 Å². The maximum Gasteiger partial charge on any atom is 0.234 e. The Hall–Kier alpha value is -2.35. The summed E-state index contributed by atoms with van der Waals surface area (Å²) in [6.07, 6.45) is 0.935. The number of nitrogens with zero attached hydrogens (tertiary/aromatic N) is 3. The molecule has 29 heavy (non-hydrogen) atoms. The van der Waals surface area contributed by atoms with Gasteiger partial charge in [-0.15, -0.1) is 0 Å². The van der Waals surface area contributed by atoms with Crippen molar-refractivity contribution in [1.82, 2.24) is 15.1 Å². The van der Waals surface area contributed by atoms with Gasteiger partial charge in [-0.2, -0.15) is 0 Å². The van der Waals surface area contributed by atoms with E-state index in [9.17, 15) is 15.0 Å². The van der Waals surface area contributed by atoms with E-state index in [1.54, 1.807) is 6.07 Å². The smallest absolute Gasteiger partial charge is 0.234 e. The number of hydrogen-bond donors (Lipinski definition) is 3. The van der Waals surface area contributed by atoms with Crippen molar-refractivity contribution in [2.45, 2.75) is 19.1 Å². The summed E-state index contributed by atoms with van der Waals surface area (Å²) in [5.74, 6) is 0.236. The lowest BCUT2D eigenvalue weighted by Gasteiger charge is -2.32. The zero-order valence-corrected chi connectivity index (χ0v) is 17.0. The number of rotatable bonds is 5. The average molecular weight is 399 g/mol. The molecule has 1 atom stereocenters. The predicted molar refractivity (Wildman–Crippen MR) is 114 cm³/mol. The lowest BCUT2D eigenvalue weighted by molar-refractivity contribution is -0.123. The van der Waals surface area contributed by atoms with E-state index in [0.29, 0.717) is 12.1 Å². The molecule has 156 valence electrons. The van der Waals surface area contributed by atoms with E-state index in [1.165, 1.54) is 0 Å². The quantitative estimate of drug-likeness (QED) is 0.697. The largest absolute Gasteiger partial charge is 0.508 e. The fourth-order valence-corrected chi connectivity index (χ4v) is 4.33. The van der Waals surface area contributed by atoms with Crippen LogP contribution in [0.5, 0.6) is 5.75 Å². The normalized spacial score (nSPS) is 21.0. The predicted octanol–water partition coefficient (Wildman–Crippen LogP) is 0.980.